The molecular weight excluding hydrogens is 370 g/mol. The van der Waals surface area contributed by atoms with Crippen molar-refractivity contribution in [1.29, 1.82) is 5.26 Å². The Balaban J connectivity index is 2.03. The highest BCUT2D eigenvalue weighted by Crippen LogP contribution is 2.51. The number of nitriles is 1. The lowest BCUT2D eigenvalue weighted by molar-refractivity contribution is -0.184. The van der Waals surface area contributed by atoms with E-state index in [2.05, 4.69) is 19.1 Å². The van der Waals surface area contributed by atoms with Gasteiger partial charge in [0.1, 0.15) is 0 Å². The highest BCUT2D eigenvalue weighted by Gasteiger charge is 2.56. The van der Waals surface area contributed by atoms with Crippen LogP contribution in [0.15, 0.2) is 24.3 Å². The molecule has 1 saturated carbocycles. The van der Waals surface area contributed by atoms with Crippen molar-refractivity contribution in [3.63, 3.8) is 0 Å². The molecule has 0 aromatic heterocycles. The van der Waals surface area contributed by atoms with Gasteiger partial charge in [0.15, 0.2) is 5.79 Å². The molecule has 1 aliphatic heterocycles. The standard InChI is InChI=1S/C23H35NO5/c1-2-3-6-9-19(25)12-13-20-18(17-24)16-23(28-14-15-29-23)21(20)10-7-4-5-8-11-22(26)27/h4,7,12-13,18-21,25H,2-3,5-6,8-11,14-16H2,1H3,(H,26,27)/b7-4+,13-12+/t18-,19?,20?,21?/m0/s1. The molecule has 3 unspecified atom stereocenters. The molecule has 0 aromatic carbocycles. The molecule has 0 aromatic rings. The minimum atomic E-state index is -0.777. The molecule has 0 amide bonds. The summed E-state index contributed by atoms with van der Waals surface area (Å²) in [4.78, 5) is 10.6. The largest absolute Gasteiger partial charge is 0.481 e. The van der Waals surface area contributed by atoms with Crippen LogP contribution in [0.1, 0.15) is 64.7 Å². The molecule has 2 aliphatic rings. The topological polar surface area (TPSA) is 99.8 Å². The molecule has 162 valence electrons. The van der Waals surface area contributed by atoms with E-state index < -0.39 is 17.9 Å². The van der Waals surface area contributed by atoms with Gasteiger partial charge in [-0.1, -0.05) is 50.5 Å². The molecule has 2 rings (SSSR count). The molecule has 1 spiro atoms. The quantitative estimate of drug-likeness (QED) is 0.373. The van der Waals surface area contributed by atoms with Gasteiger partial charge in [0.2, 0.25) is 0 Å². The van der Waals surface area contributed by atoms with Crippen molar-refractivity contribution >= 4 is 5.97 Å². The van der Waals surface area contributed by atoms with Gasteiger partial charge in [-0.2, -0.15) is 5.26 Å². The maximum atomic E-state index is 10.6. The molecule has 0 radical (unpaired) electrons. The van der Waals surface area contributed by atoms with Crippen molar-refractivity contribution in [3.05, 3.63) is 24.3 Å². The van der Waals surface area contributed by atoms with Crippen LogP contribution >= 0.6 is 0 Å². The number of carboxylic acids is 1. The number of carboxylic acid groups (broad SMARTS) is 1. The van der Waals surface area contributed by atoms with Crippen LogP contribution in [0.25, 0.3) is 0 Å². The number of carbonyl (C=O) groups is 1. The first-order valence-electron chi connectivity index (χ1n) is 10.9. The molecular formula is C23H35NO5. The minimum Gasteiger partial charge on any atom is -0.481 e. The summed E-state index contributed by atoms with van der Waals surface area (Å²) >= 11 is 0. The number of hydrogen-bond acceptors (Lipinski definition) is 5. The second kappa shape index (κ2) is 12.1. The lowest BCUT2D eigenvalue weighted by Crippen LogP contribution is -2.36. The molecule has 2 N–H and O–H groups in total. The van der Waals surface area contributed by atoms with Crippen LogP contribution < -0.4 is 0 Å². The molecule has 0 bridgehead atoms. The zero-order valence-corrected chi connectivity index (χ0v) is 17.5. The first kappa shape index (κ1) is 23.6. The number of allylic oxidation sites excluding steroid dienone is 3. The molecule has 6 nitrogen and oxygen atoms in total. The third-order valence-electron chi connectivity index (χ3n) is 5.92. The Kier molecular flexibility index (Phi) is 9.86. The molecule has 1 heterocycles. The summed E-state index contributed by atoms with van der Waals surface area (Å²) < 4.78 is 12.0. The monoisotopic (exact) mass is 405 g/mol. The third-order valence-corrected chi connectivity index (χ3v) is 5.92. The van der Waals surface area contributed by atoms with Crippen LogP contribution in [0.4, 0.5) is 0 Å². The summed E-state index contributed by atoms with van der Waals surface area (Å²) in [5.41, 5.74) is 0. The number of aliphatic hydroxyl groups is 1. The van der Waals surface area contributed by atoms with E-state index in [1.54, 1.807) is 0 Å². The van der Waals surface area contributed by atoms with Crippen LogP contribution in [0, 0.1) is 29.1 Å². The zero-order valence-electron chi connectivity index (χ0n) is 17.5. The van der Waals surface area contributed by atoms with Gasteiger partial charge < -0.3 is 19.7 Å². The molecule has 4 atom stereocenters. The summed E-state index contributed by atoms with van der Waals surface area (Å²) in [5, 5.41) is 28.7. The van der Waals surface area contributed by atoms with E-state index in [1.165, 1.54) is 0 Å². The molecule has 29 heavy (non-hydrogen) atoms. The third kappa shape index (κ3) is 6.95. The predicted molar refractivity (Wildman–Crippen MR) is 110 cm³/mol. The number of ether oxygens (including phenoxy) is 2. The maximum absolute atomic E-state index is 10.6. The highest BCUT2D eigenvalue weighted by molar-refractivity contribution is 5.66. The van der Waals surface area contributed by atoms with E-state index in [0.29, 0.717) is 38.9 Å². The Labute approximate surface area is 174 Å². The van der Waals surface area contributed by atoms with Crippen LogP contribution in [-0.2, 0) is 14.3 Å². The van der Waals surface area contributed by atoms with Crippen LogP contribution in [0.2, 0.25) is 0 Å². The lowest BCUT2D eigenvalue weighted by atomic mass is 9.85. The smallest absolute Gasteiger partial charge is 0.303 e. The highest BCUT2D eigenvalue weighted by atomic mass is 16.7. The van der Waals surface area contributed by atoms with E-state index in [0.717, 1.165) is 25.7 Å². The maximum Gasteiger partial charge on any atom is 0.303 e. The van der Waals surface area contributed by atoms with E-state index in [4.69, 9.17) is 14.6 Å². The Morgan fingerprint density at radius 1 is 1.28 bits per heavy atom. The fourth-order valence-electron chi connectivity index (χ4n) is 4.39. The van der Waals surface area contributed by atoms with E-state index >= 15 is 0 Å². The number of unbranched alkanes of at least 4 members (excludes halogenated alkanes) is 3. The van der Waals surface area contributed by atoms with Crippen LogP contribution in [-0.4, -0.2) is 41.3 Å². The van der Waals surface area contributed by atoms with Gasteiger partial charge in [0.25, 0.3) is 0 Å². The van der Waals surface area contributed by atoms with Crippen molar-refractivity contribution in [2.24, 2.45) is 17.8 Å². The molecule has 6 heteroatoms. The number of nitrogens with zero attached hydrogens (tertiary/aromatic N) is 1. The van der Waals surface area contributed by atoms with Crippen molar-refractivity contribution in [2.75, 3.05) is 13.2 Å². The second-order valence-electron chi connectivity index (χ2n) is 8.07. The Hall–Kier alpha value is -1.68. The number of hydrogen-bond donors (Lipinski definition) is 2. The van der Waals surface area contributed by atoms with Gasteiger partial charge >= 0.3 is 5.97 Å². The predicted octanol–water partition coefficient (Wildman–Crippen LogP) is 4.20. The van der Waals surface area contributed by atoms with E-state index in [1.807, 2.05) is 18.2 Å². The normalized spacial score (nSPS) is 27.1. The summed E-state index contributed by atoms with van der Waals surface area (Å²) in [6.07, 6.45) is 14.1. The summed E-state index contributed by atoms with van der Waals surface area (Å²) in [6, 6.07) is 2.41. The lowest BCUT2D eigenvalue weighted by Gasteiger charge is -2.30. The van der Waals surface area contributed by atoms with Gasteiger partial charge in [0.05, 0.1) is 31.3 Å². The van der Waals surface area contributed by atoms with Crippen molar-refractivity contribution in [3.8, 4) is 6.07 Å². The van der Waals surface area contributed by atoms with Crippen LogP contribution in [0.5, 0.6) is 0 Å². The summed E-state index contributed by atoms with van der Waals surface area (Å²) in [7, 11) is 0. The van der Waals surface area contributed by atoms with Gasteiger partial charge in [-0.3, -0.25) is 4.79 Å². The second-order valence-corrected chi connectivity index (χ2v) is 8.07. The van der Waals surface area contributed by atoms with Crippen molar-refractivity contribution in [2.45, 2.75) is 76.6 Å². The van der Waals surface area contributed by atoms with Gasteiger partial charge in [-0.05, 0) is 25.7 Å². The van der Waals surface area contributed by atoms with E-state index in [9.17, 15) is 15.2 Å². The number of aliphatic carboxylic acids is 1. The first-order chi connectivity index (χ1) is 14.0. The fraction of sp³-hybridized carbons (Fsp3) is 0.739. The Morgan fingerprint density at radius 3 is 2.69 bits per heavy atom. The molecule has 1 saturated heterocycles. The summed E-state index contributed by atoms with van der Waals surface area (Å²) in [6.45, 7) is 3.21. The number of aliphatic hydroxyl groups excluding tert-OH is 1. The van der Waals surface area contributed by atoms with Gasteiger partial charge in [-0.25, -0.2) is 0 Å². The molecule has 1 aliphatic carbocycles. The first-order valence-corrected chi connectivity index (χ1v) is 10.9. The van der Waals surface area contributed by atoms with Crippen molar-refractivity contribution in [1.82, 2.24) is 0 Å². The summed E-state index contributed by atoms with van der Waals surface area (Å²) in [5.74, 6) is -1.75. The SMILES string of the molecule is CCCCCC(O)/C=C/C1C(C/C=C/CCCC(=O)O)C2(C[C@H]1C#N)OCCO2. The Morgan fingerprint density at radius 2 is 2.03 bits per heavy atom. The fourth-order valence-corrected chi connectivity index (χ4v) is 4.39. The minimum absolute atomic E-state index is 0.00413. The zero-order chi connectivity index (χ0) is 21.1. The van der Waals surface area contributed by atoms with Gasteiger partial charge in [0, 0.05) is 24.7 Å². The van der Waals surface area contributed by atoms with Crippen molar-refractivity contribution < 1.29 is 24.5 Å². The average molecular weight is 406 g/mol. The molecule has 2 fully saturated rings. The number of rotatable bonds is 12. The van der Waals surface area contributed by atoms with E-state index in [-0.39, 0.29) is 24.2 Å². The Bertz CT molecular complexity index is 603. The average Bonchev–Trinajstić information content (AvgIpc) is 3.28. The van der Waals surface area contributed by atoms with Crippen LogP contribution in [0.3, 0.4) is 0 Å². The van der Waals surface area contributed by atoms with Gasteiger partial charge in [-0.15, -0.1) is 0 Å².